The lowest BCUT2D eigenvalue weighted by Crippen LogP contribution is -2.32. The van der Waals surface area contributed by atoms with Crippen molar-refractivity contribution >= 4 is 0 Å². The lowest BCUT2D eigenvalue weighted by atomic mass is 9.77. The van der Waals surface area contributed by atoms with Crippen LogP contribution in [0.4, 0.5) is 22.0 Å². The predicted octanol–water partition coefficient (Wildman–Crippen LogP) is 9.82. The Morgan fingerprint density at radius 3 is 2.45 bits per heavy atom. The van der Waals surface area contributed by atoms with Crippen molar-refractivity contribution in [1.82, 2.24) is 4.98 Å². The summed E-state index contributed by atoms with van der Waals surface area (Å²) in [7, 11) is 0. The summed E-state index contributed by atoms with van der Waals surface area (Å²) < 4.78 is 81.5. The van der Waals surface area contributed by atoms with E-state index >= 15 is 13.2 Å². The van der Waals surface area contributed by atoms with Crippen LogP contribution in [0.2, 0.25) is 0 Å². The molecular formula is C31H42F5NO. The molecule has 0 amide bonds. The molecule has 3 rings (SSSR count). The standard InChI is InChI=1S/C31H42F5NO/c1-4-6-7-8-9-12-19-38-26-20-23-16-18-25(31(35,36)27(23)30(34)37-26)24-17-15-22(28(32)29(24)33)14-11-10-13-21(3)5-2/h15,17,20-21,25H,4-14,16,18-19H2,1-3H3. The Bertz CT molecular complexity index is 1040. The van der Waals surface area contributed by atoms with E-state index in [4.69, 9.17) is 4.74 Å². The van der Waals surface area contributed by atoms with E-state index in [1.165, 1.54) is 24.6 Å². The summed E-state index contributed by atoms with van der Waals surface area (Å²) in [5.74, 6) is -8.49. The minimum Gasteiger partial charge on any atom is -0.478 e. The number of halogens is 5. The Kier molecular flexibility index (Phi) is 11.4. The second-order valence-corrected chi connectivity index (χ2v) is 10.8. The molecule has 212 valence electrons. The molecule has 0 saturated heterocycles. The van der Waals surface area contributed by atoms with Crippen LogP contribution in [-0.4, -0.2) is 11.6 Å². The minimum absolute atomic E-state index is 0.0148. The van der Waals surface area contributed by atoms with Crippen molar-refractivity contribution in [2.75, 3.05) is 6.61 Å². The van der Waals surface area contributed by atoms with Gasteiger partial charge in [0.25, 0.3) is 5.92 Å². The number of unbranched alkanes of at least 4 members (excludes halogenated alkanes) is 6. The predicted molar refractivity (Wildman–Crippen MR) is 141 cm³/mol. The molecule has 0 spiro atoms. The monoisotopic (exact) mass is 539 g/mol. The number of nitrogens with zero attached hydrogens (tertiary/aromatic N) is 1. The highest BCUT2D eigenvalue weighted by molar-refractivity contribution is 5.41. The molecule has 1 aromatic heterocycles. The van der Waals surface area contributed by atoms with Gasteiger partial charge in [-0.25, -0.2) is 17.6 Å². The number of hydrogen-bond donors (Lipinski definition) is 0. The van der Waals surface area contributed by atoms with Crippen LogP contribution in [0.1, 0.15) is 120 Å². The SMILES string of the molecule is CCCCCCCCOc1cc2c(c(F)n1)C(F)(F)C(c1ccc(CCCCC(C)CC)c(F)c1F)CC2. The number of fused-ring (bicyclic) bond motifs is 1. The normalized spacial score (nSPS) is 17.3. The van der Waals surface area contributed by atoms with Crippen LogP contribution < -0.4 is 4.74 Å². The van der Waals surface area contributed by atoms with E-state index in [0.29, 0.717) is 25.4 Å². The average molecular weight is 540 g/mol. The number of benzene rings is 1. The lowest BCUT2D eigenvalue weighted by Gasteiger charge is -2.34. The van der Waals surface area contributed by atoms with Crippen molar-refractivity contribution in [3.05, 3.63) is 58.0 Å². The second kappa shape index (κ2) is 14.3. The van der Waals surface area contributed by atoms with Gasteiger partial charge in [0.1, 0.15) is 0 Å². The first-order valence-corrected chi connectivity index (χ1v) is 14.4. The van der Waals surface area contributed by atoms with Crippen LogP contribution in [0.5, 0.6) is 5.88 Å². The Balaban J connectivity index is 1.68. The number of rotatable bonds is 15. The fraction of sp³-hybridized carbons (Fsp3) is 0.645. The van der Waals surface area contributed by atoms with Gasteiger partial charge < -0.3 is 4.74 Å². The molecule has 2 atom stereocenters. The Hall–Kier alpha value is -2.18. The van der Waals surface area contributed by atoms with Crippen LogP contribution >= 0.6 is 0 Å². The Morgan fingerprint density at radius 1 is 0.974 bits per heavy atom. The van der Waals surface area contributed by atoms with Crippen LogP contribution in [0, 0.1) is 23.5 Å². The van der Waals surface area contributed by atoms with Gasteiger partial charge in [0.05, 0.1) is 18.1 Å². The highest BCUT2D eigenvalue weighted by Gasteiger charge is 2.50. The fourth-order valence-electron chi connectivity index (χ4n) is 5.31. The van der Waals surface area contributed by atoms with Gasteiger partial charge in [0, 0.05) is 11.6 Å². The molecular weight excluding hydrogens is 497 g/mol. The third kappa shape index (κ3) is 7.47. The molecule has 7 heteroatoms. The van der Waals surface area contributed by atoms with Gasteiger partial charge >= 0.3 is 0 Å². The topological polar surface area (TPSA) is 22.1 Å². The molecule has 1 aromatic carbocycles. The zero-order valence-electron chi connectivity index (χ0n) is 23.0. The maximum absolute atomic E-state index is 15.6. The summed E-state index contributed by atoms with van der Waals surface area (Å²) >= 11 is 0. The minimum atomic E-state index is -3.73. The van der Waals surface area contributed by atoms with E-state index in [9.17, 15) is 8.78 Å². The number of pyridine rings is 1. The molecule has 0 radical (unpaired) electrons. The van der Waals surface area contributed by atoms with Gasteiger partial charge in [0.15, 0.2) is 11.6 Å². The molecule has 2 unspecified atom stereocenters. The molecule has 0 fully saturated rings. The molecule has 2 aromatic rings. The highest BCUT2D eigenvalue weighted by atomic mass is 19.3. The van der Waals surface area contributed by atoms with E-state index in [-0.39, 0.29) is 29.8 Å². The van der Waals surface area contributed by atoms with E-state index in [0.717, 1.165) is 51.4 Å². The van der Waals surface area contributed by atoms with Gasteiger partial charge in [-0.05, 0) is 49.1 Å². The van der Waals surface area contributed by atoms with Crippen molar-refractivity contribution in [3.63, 3.8) is 0 Å². The van der Waals surface area contributed by atoms with Crippen molar-refractivity contribution in [2.24, 2.45) is 5.92 Å². The van der Waals surface area contributed by atoms with Crippen molar-refractivity contribution in [2.45, 2.75) is 116 Å². The smallest absolute Gasteiger partial charge is 0.284 e. The maximum atomic E-state index is 15.6. The van der Waals surface area contributed by atoms with Gasteiger partial charge in [-0.1, -0.05) is 84.3 Å². The Morgan fingerprint density at radius 2 is 1.71 bits per heavy atom. The van der Waals surface area contributed by atoms with E-state index < -0.39 is 40.5 Å². The summed E-state index contributed by atoms with van der Waals surface area (Å²) in [5, 5.41) is 0. The summed E-state index contributed by atoms with van der Waals surface area (Å²) in [4.78, 5) is 3.64. The summed E-state index contributed by atoms with van der Waals surface area (Å²) in [6, 6.07) is 4.00. The zero-order valence-corrected chi connectivity index (χ0v) is 23.0. The quantitative estimate of drug-likeness (QED) is 0.128. The molecule has 1 aliphatic carbocycles. The van der Waals surface area contributed by atoms with Crippen LogP contribution in [0.25, 0.3) is 0 Å². The third-order valence-corrected chi connectivity index (χ3v) is 7.91. The zero-order chi connectivity index (χ0) is 27.7. The van der Waals surface area contributed by atoms with Gasteiger partial charge in [-0.2, -0.15) is 9.37 Å². The second-order valence-electron chi connectivity index (χ2n) is 10.8. The van der Waals surface area contributed by atoms with E-state index in [1.54, 1.807) is 0 Å². The number of aromatic nitrogens is 1. The fourth-order valence-corrected chi connectivity index (χ4v) is 5.31. The first-order chi connectivity index (χ1) is 18.2. The molecule has 1 aliphatic rings. The number of alkyl halides is 2. The highest BCUT2D eigenvalue weighted by Crippen LogP contribution is 2.51. The van der Waals surface area contributed by atoms with Gasteiger partial charge in [-0.15, -0.1) is 0 Å². The first kappa shape index (κ1) is 30.4. The number of aryl methyl sites for hydroxylation is 2. The molecule has 38 heavy (non-hydrogen) atoms. The van der Waals surface area contributed by atoms with Crippen molar-refractivity contribution in [3.8, 4) is 5.88 Å². The number of hydrogen-bond acceptors (Lipinski definition) is 2. The van der Waals surface area contributed by atoms with Crippen LogP contribution in [0.15, 0.2) is 18.2 Å². The molecule has 0 N–H and O–H groups in total. The molecule has 0 saturated carbocycles. The summed E-state index contributed by atoms with van der Waals surface area (Å²) in [5.41, 5.74) is -0.954. The van der Waals surface area contributed by atoms with E-state index in [1.807, 2.05) is 0 Å². The van der Waals surface area contributed by atoms with Crippen molar-refractivity contribution in [1.29, 1.82) is 0 Å². The number of ether oxygens (including phenoxy) is 1. The van der Waals surface area contributed by atoms with Crippen LogP contribution in [-0.2, 0) is 18.8 Å². The average Bonchev–Trinajstić information content (AvgIpc) is 2.88. The first-order valence-electron chi connectivity index (χ1n) is 14.4. The Labute approximate surface area is 224 Å². The lowest BCUT2D eigenvalue weighted by molar-refractivity contribution is -0.0486. The molecule has 2 nitrogen and oxygen atoms in total. The summed E-state index contributed by atoms with van der Waals surface area (Å²) in [6.45, 7) is 6.75. The molecule has 0 bridgehead atoms. The largest absolute Gasteiger partial charge is 0.478 e. The van der Waals surface area contributed by atoms with Crippen LogP contribution in [0.3, 0.4) is 0 Å². The molecule has 1 heterocycles. The molecule has 0 aliphatic heterocycles. The third-order valence-electron chi connectivity index (χ3n) is 7.91. The summed E-state index contributed by atoms with van der Waals surface area (Å²) in [6.07, 6.45) is 10.3. The van der Waals surface area contributed by atoms with Gasteiger partial charge in [-0.3, -0.25) is 0 Å². The maximum Gasteiger partial charge on any atom is 0.284 e. The van der Waals surface area contributed by atoms with Crippen molar-refractivity contribution < 1.29 is 26.7 Å². The van der Waals surface area contributed by atoms with Gasteiger partial charge in [0.2, 0.25) is 11.8 Å². The van der Waals surface area contributed by atoms with E-state index in [2.05, 4.69) is 25.8 Å².